The number of hydrogen-bond acceptors (Lipinski definition) is 4. The molecule has 1 heterocycles. The zero-order valence-corrected chi connectivity index (χ0v) is 11.6. The van der Waals surface area contributed by atoms with Gasteiger partial charge in [0.25, 0.3) is 5.69 Å². The highest BCUT2D eigenvalue weighted by atomic mass is 19.1. The summed E-state index contributed by atoms with van der Waals surface area (Å²) in [6, 6.07) is 7.14. The predicted molar refractivity (Wildman–Crippen MR) is 75.2 cm³/mol. The summed E-state index contributed by atoms with van der Waals surface area (Å²) in [6.45, 7) is 2.22. The van der Waals surface area contributed by atoms with Crippen LogP contribution in [-0.4, -0.2) is 9.49 Å². The molecule has 7 heteroatoms. The van der Waals surface area contributed by atoms with Gasteiger partial charge in [0, 0.05) is 31.0 Å². The number of aromatic nitrogens is 1. The number of anilines is 1. The highest BCUT2D eigenvalue weighted by Gasteiger charge is 2.11. The Kier molecular flexibility index (Phi) is 3.89. The molecule has 0 saturated heterocycles. The Bertz CT molecular complexity index is 746. The molecular formula is C14H13FN4O2. The van der Waals surface area contributed by atoms with Gasteiger partial charge in [-0.15, -0.1) is 0 Å². The monoisotopic (exact) mass is 288 g/mol. The van der Waals surface area contributed by atoms with Crippen LogP contribution in [0, 0.1) is 34.2 Å². The van der Waals surface area contributed by atoms with Crippen molar-refractivity contribution in [1.82, 2.24) is 4.57 Å². The molecule has 0 atom stereocenters. The maximum Gasteiger partial charge on any atom is 0.274 e. The molecule has 0 radical (unpaired) electrons. The molecule has 0 amide bonds. The molecule has 0 bridgehead atoms. The first-order chi connectivity index (χ1) is 9.92. The maximum absolute atomic E-state index is 13.3. The lowest BCUT2D eigenvalue weighted by Crippen LogP contribution is -2.02. The number of nitro benzene ring substituents is 1. The number of nitro groups is 1. The van der Waals surface area contributed by atoms with Crippen LogP contribution in [-0.2, 0) is 13.6 Å². The molecule has 0 aliphatic heterocycles. The van der Waals surface area contributed by atoms with Crippen molar-refractivity contribution in [3.05, 3.63) is 57.1 Å². The Morgan fingerprint density at radius 1 is 1.43 bits per heavy atom. The van der Waals surface area contributed by atoms with Crippen molar-refractivity contribution in [3.63, 3.8) is 0 Å². The van der Waals surface area contributed by atoms with Crippen molar-refractivity contribution in [3.8, 4) is 6.07 Å². The van der Waals surface area contributed by atoms with Gasteiger partial charge in [0.2, 0.25) is 0 Å². The first kappa shape index (κ1) is 14.5. The van der Waals surface area contributed by atoms with Crippen molar-refractivity contribution in [2.45, 2.75) is 13.5 Å². The van der Waals surface area contributed by atoms with Crippen LogP contribution in [0.3, 0.4) is 0 Å². The summed E-state index contributed by atoms with van der Waals surface area (Å²) in [5.41, 5.74) is 2.32. The molecule has 1 N–H and O–H groups in total. The van der Waals surface area contributed by atoms with Crippen LogP contribution in [0.15, 0.2) is 24.3 Å². The van der Waals surface area contributed by atoms with Crippen molar-refractivity contribution >= 4 is 11.4 Å². The molecule has 0 saturated carbocycles. The number of non-ortho nitro benzene ring substituents is 1. The van der Waals surface area contributed by atoms with Crippen LogP contribution in [0.4, 0.5) is 15.8 Å². The van der Waals surface area contributed by atoms with Crippen molar-refractivity contribution in [2.24, 2.45) is 7.05 Å². The average molecular weight is 288 g/mol. The van der Waals surface area contributed by atoms with Crippen LogP contribution in [0.2, 0.25) is 0 Å². The minimum Gasteiger partial charge on any atom is -0.381 e. The number of nitrogens with one attached hydrogen (secondary N) is 1. The van der Waals surface area contributed by atoms with Crippen molar-refractivity contribution < 1.29 is 9.31 Å². The molecule has 1 aromatic heterocycles. The fraction of sp³-hybridized carbons (Fsp3) is 0.214. The van der Waals surface area contributed by atoms with E-state index in [9.17, 15) is 14.5 Å². The molecule has 0 aliphatic rings. The van der Waals surface area contributed by atoms with E-state index in [1.54, 1.807) is 17.7 Å². The summed E-state index contributed by atoms with van der Waals surface area (Å²) >= 11 is 0. The molecule has 2 aromatic rings. The largest absolute Gasteiger partial charge is 0.381 e. The van der Waals surface area contributed by atoms with Crippen molar-refractivity contribution in [2.75, 3.05) is 5.32 Å². The van der Waals surface area contributed by atoms with Crippen LogP contribution >= 0.6 is 0 Å². The van der Waals surface area contributed by atoms with Gasteiger partial charge in [0.1, 0.15) is 17.6 Å². The van der Waals surface area contributed by atoms with Crippen LogP contribution < -0.4 is 5.32 Å². The van der Waals surface area contributed by atoms with Gasteiger partial charge in [0.15, 0.2) is 0 Å². The van der Waals surface area contributed by atoms with E-state index in [0.29, 0.717) is 17.9 Å². The first-order valence-corrected chi connectivity index (χ1v) is 6.16. The number of benzene rings is 1. The zero-order valence-electron chi connectivity index (χ0n) is 11.6. The average Bonchev–Trinajstić information content (AvgIpc) is 2.72. The lowest BCUT2D eigenvalue weighted by molar-refractivity contribution is -0.385. The Balaban J connectivity index is 2.21. The van der Waals surface area contributed by atoms with Crippen LogP contribution in [0.25, 0.3) is 0 Å². The summed E-state index contributed by atoms with van der Waals surface area (Å²) in [4.78, 5) is 10.0. The number of nitrogens with zero attached hydrogens (tertiary/aromatic N) is 3. The Labute approximate surface area is 120 Å². The Morgan fingerprint density at radius 3 is 2.71 bits per heavy atom. The van der Waals surface area contributed by atoms with E-state index in [2.05, 4.69) is 11.4 Å². The lowest BCUT2D eigenvalue weighted by Gasteiger charge is -2.07. The van der Waals surface area contributed by atoms with Crippen LogP contribution in [0.5, 0.6) is 0 Å². The van der Waals surface area contributed by atoms with Gasteiger partial charge < -0.3 is 9.88 Å². The number of nitriles is 1. The zero-order chi connectivity index (χ0) is 15.6. The van der Waals surface area contributed by atoms with E-state index in [4.69, 9.17) is 5.26 Å². The molecule has 2 rings (SSSR count). The number of rotatable bonds is 4. The van der Waals surface area contributed by atoms with Gasteiger partial charge in [-0.3, -0.25) is 10.1 Å². The van der Waals surface area contributed by atoms with Crippen molar-refractivity contribution in [1.29, 1.82) is 5.26 Å². The SMILES string of the molecule is Cc1c(CNc2cc(F)cc([N+](=O)[O-])c2)cc(C#N)n1C. The van der Waals surface area contributed by atoms with Crippen LogP contribution in [0.1, 0.15) is 17.0 Å². The minimum absolute atomic E-state index is 0.306. The van der Waals surface area contributed by atoms with E-state index in [1.807, 2.05) is 6.92 Å². The third-order valence-electron chi connectivity index (χ3n) is 3.33. The van der Waals surface area contributed by atoms with E-state index < -0.39 is 10.7 Å². The third-order valence-corrected chi connectivity index (χ3v) is 3.33. The van der Waals surface area contributed by atoms with E-state index >= 15 is 0 Å². The Hall–Kier alpha value is -2.88. The summed E-state index contributed by atoms with van der Waals surface area (Å²) in [5.74, 6) is -0.672. The topological polar surface area (TPSA) is 83.9 Å². The Morgan fingerprint density at radius 2 is 2.14 bits per heavy atom. The highest BCUT2D eigenvalue weighted by molar-refractivity contribution is 5.52. The summed E-state index contributed by atoms with van der Waals surface area (Å²) in [6.07, 6.45) is 0. The molecule has 21 heavy (non-hydrogen) atoms. The molecular weight excluding hydrogens is 275 g/mol. The first-order valence-electron chi connectivity index (χ1n) is 6.16. The maximum atomic E-state index is 13.3. The van der Waals surface area contributed by atoms with Gasteiger partial charge in [-0.05, 0) is 24.6 Å². The molecule has 1 aromatic carbocycles. The highest BCUT2D eigenvalue weighted by Crippen LogP contribution is 2.21. The van der Waals surface area contributed by atoms with Gasteiger partial charge in [-0.25, -0.2) is 4.39 Å². The molecule has 0 fully saturated rings. The second-order valence-electron chi connectivity index (χ2n) is 4.62. The summed E-state index contributed by atoms with van der Waals surface area (Å²) < 4.78 is 15.1. The van der Waals surface area contributed by atoms with E-state index in [0.717, 1.165) is 17.3 Å². The number of hydrogen-bond donors (Lipinski definition) is 1. The summed E-state index contributed by atoms with van der Waals surface area (Å²) in [5, 5.41) is 22.6. The third kappa shape index (κ3) is 3.00. The molecule has 6 nitrogen and oxygen atoms in total. The van der Waals surface area contributed by atoms with Gasteiger partial charge in [-0.1, -0.05) is 0 Å². The second-order valence-corrected chi connectivity index (χ2v) is 4.62. The molecule has 0 spiro atoms. The van der Waals surface area contributed by atoms with Gasteiger partial charge >= 0.3 is 0 Å². The fourth-order valence-corrected chi connectivity index (χ4v) is 2.03. The standard InChI is InChI=1S/C14H13FN4O2/c1-9-10(3-14(7-16)18(9)2)8-17-12-4-11(15)5-13(6-12)19(20)21/h3-6,17H,8H2,1-2H3. The predicted octanol–water partition coefficient (Wildman–Crippen LogP) is 2.86. The lowest BCUT2D eigenvalue weighted by atomic mass is 10.2. The van der Waals surface area contributed by atoms with E-state index in [1.165, 1.54) is 12.1 Å². The number of halogens is 1. The smallest absolute Gasteiger partial charge is 0.274 e. The van der Waals surface area contributed by atoms with E-state index in [-0.39, 0.29) is 5.69 Å². The minimum atomic E-state index is -0.672. The second kappa shape index (κ2) is 5.63. The normalized spacial score (nSPS) is 10.2. The fourth-order valence-electron chi connectivity index (χ4n) is 2.03. The van der Waals surface area contributed by atoms with Gasteiger partial charge in [-0.2, -0.15) is 5.26 Å². The summed E-state index contributed by atoms with van der Waals surface area (Å²) in [7, 11) is 1.78. The molecule has 0 aliphatic carbocycles. The van der Waals surface area contributed by atoms with Gasteiger partial charge in [0.05, 0.1) is 11.0 Å². The molecule has 0 unspecified atom stereocenters. The molecule has 108 valence electrons. The quantitative estimate of drug-likeness (QED) is 0.692.